The number of rotatable bonds is 6. The number of allylic oxidation sites excluding steroid dienone is 1. The molecule has 0 aliphatic carbocycles. The minimum absolute atomic E-state index is 0.728. The molecule has 3 heteroatoms. The highest BCUT2D eigenvalue weighted by Gasteiger charge is 2.19. The first kappa shape index (κ1) is 18.1. The lowest BCUT2D eigenvalue weighted by Gasteiger charge is -2.23. The molecule has 1 aliphatic rings. The highest BCUT2D eigenvalue weighted by Crippen LogP contribution is 2.39. The molecule has 2 aromatic rings. The largest absolute Gasteiger partial charge is 0.492 e. The van der Waals surface area contributed by atoms with Crippen LogP contribution in [-0.2, 0) is 5.75 Å². The Morgan fingerprint density at radius 2 is 1.88 bits per heavy atom. The minimum atomic E-state index is 0.728. The summed E-state index contributed by atoms with van der Waals surface area (Å²) >= 11 is 2.00. The second-order valence-corrected chi connectivity index (χ2v) is 7.63. The van der Waals surface area contributed by atoms with E-state index in [0.717, 1.165) is 36.8 Å². The average molecular weight is 354 g/mol. The lowest BCUT2D eigenvalue weighted by molar-refractivity contribution is 0.261. The molecule has 0 saturated carbocycles. The highest BCUT2D eigenvalue weighted by atomic mass is 32.2. The van der Waals surface area contributed by atoms with Gasteiger partial charge < -0.3 is 9.64 Å². The monoisotopic (exact) mass is 353 g/mol. The molecule has 1 aliphatic heterocycles. The van der Waals surface area contributed by atoms with Gasteiger partial charge in [-0.05, 0) is 60.5 Å². The van der Waals surface area contributed by atoms with Gasteiger partial charge in [-0.25, -0.2) is 0 Å². The molecule has 0 bridgehead atoms. The van der Waals surface area contributed by atoms with E-state index in [1.807, 2.05) is 11.8 Å². The van der Waals surface area contributed by atoms with E-state index in [1.165, 1.54) is 27.8 Å². The molecule has 0 fully saturated rings. The van der Waals surface area contributed by atoms with Crippen LogP contribution in [-0.4, -0.2) is 37.9 Å². The molecular weight excluding hydrogens is 326 g/mol. The number of benzene rings is 2. The SMILES string of the molecule is CC/C(=C1\CSCc2cc(OCCN(C)C)ccc21)c1ccccc1. The van der Waals surface area contributed by atoms with Crippen molar-refractivity contribution in [1.82, 2.24) is 4.90 Å². The molecule has 0 N–H and O–H groups in total. The zero-order valence-electron chi connectivity index (χ0n) is 15.4. The van der Waals surface area contributed by atoms with Crippen molar-refractivity contribution >= 4 is 22.9 Å². The number of thioether (sulfide) groups is 1. The van der Waals surface area contributed by atoms with Gasteiger partial charge in [0.2, 0.25) is 0 Å². The third-order valence-corrected chi connectivity index (χ3v) is 5.56. The van der Waals surface area contributed by atoms with Crippen LogP contribution in [0.3, 0.4) is 0 Å². The number of hydrogen-bond acceptors (Lipinski definition) is 3. The molecule has 2 aromatic carbocycles. The van der Waals surface area contributed by atoms with Gasteiger partial charge in [-0.2, -0.15) is 11.8 Å². The van der Waals surface area contributed by atoms with Gasteiger partial charge in [0.25, 0.3) is 0 Å². The first-order valence-corrected chi connectivity index (χ1v) is 10.1. The van der Waals surface area contributed by atoms with Gasteiger partial charge in [0.05, 0.1) is 0 Å². The second kappa shape index (κ2) is 8.59. The van der Waals surface area contributed by atoms with Crippen molar-refractivity contribution in [2.24, 2.45) is 0 Å². The summed E-state index contributed by atoms with van der Waals surface area (Å²) in [6.07, 6.45) is 1.06. The molecule has 0 unspecified atom stereocenters. The lowest BCUT2D eigenvalue weighted by atomic mass is 9.91. The van der Waals surface area contributed by atoms with Crippen molar-refractivity contribution in [1.29, 1.82) is 0 Å². The van der Waals surface area contributed by atoms with Crippen LogP contribution < -0.4 is 4.74 Å². The Morgan fingerprint density at radius 1 is 1.08 bits per heavy atom. The van der Waals surface area contributed by atoms with Gasteiger partial charge in [-0.3, -0.25) is 0 Å². The lowest BCUT2D eigenvalue weighted by Crippen LogP contribution is -2.19. The predicted octanol–water partition coefficient (Wildman–Crippen LogP) is 5.19. The zero-order chi connectivity index (χ0) is 17.6. The molecule has 3 rings (SSSR count). The summed E-state index contributed by atoms with van der Waals surface area (Å²) in [5.74, 6) is 3.14. The molecule has 0 aromatic heterocycles. The number of nitrogens with zero attached hydrogens (tertiary/aromatic N) is 1. The summed E-state index contributed by atoms with van der Waals surface area (Å²) in [6.45, 7) is 3.92. The fourth-order valence-electron chi connectivity index (χ4n) is 3.24. The zero-order valence-corrected chi connectivity index (χ0v) is 16.2. The van der Waals surface area contributed by atoms with Crippen molar-refractivity contribution in [2.75, 3.05) is 33.0 Å². The fraction of sp³-hybridized carbons (Fsp3) is 0.364. The van der Waals surface area contributed by atoms with Crippen molar-refractivity contribution in [2.45, 2.75) is 19.1 Å². The van der Waals surface area contributed by atoms with Crippen LogP contribution in [0.1, 0.15) is 30.0 Å². The van der Waals surface area contributed by atoms with E-state index < -0.39 is 0 Å². The van der Waals surface area contributed by atoms with Crippen molar-refractivity contribution in [3.63, 3.8) is 0 Å². The number of hydrogen-bond donors (Lipinski definition) is 0. The fourth-order valence-corrected chi connectivity index (χ4v) is 4.34. The Labute approximate surface area is 155 Å². The van der Waals surface area contributed by atoms with Gasteiger partial charge in [0.15, 0.2) is 0 Å². The van der Waals surface area contributed by atoms with Crippen LogP contribution in [0, 0.1) is 0 Å². The summed E-state index contributed by atoms with van der Waals surface area (Å²) in [6, 6.07) is 17.4. The van der Waals surface area contributed by atoms with Gasteiger partial charge in [-0.15, -0.1) is 0 Å². The van der Waals surface area contributed by atoms with Crippen LogP contribution in [0.4, 0.5) is 0 Å². The maximum absolute atomic E-state index is 5.92. The number of likely N-dealkylation sites (N-methyl/N-ethyl adjacent to an activating group) is 1. The van der Waals surface area contributed by atoms with E-state index >= 15 is 0 Å². The van der Waals surface area contributed by atoms with E-state index in [2.05, 4.69) is 74.4 Å². The van der Waals surface area contributed by atoms with E-state index in [-0.39, 0.29) is 0 Å². The summed E-state index contributed by atoms with van der Waals surface area (Å²) in [4.78, 5) is 2.14. The van der Waals surface area contributed by atoms with Crippen molar-refractivity contribution in [3.8, 4) is 5.75 Å². The van der Waals surface area contributed by atoms with Crippen LogP contribution in [0.15, 0.2) is 48.5 Å². The summed E-state index contributed by atoms with van der Waals surface area (Å²) < 4.78 is 5.92. The van der Waals surface area contributed by atoms with Crippen molar-refractivity contribution in [3.05, 3.63) is 65.2 Å². The molecule has 0 spiro atoms. The van der Waals surface area contributed by atoms with Crippen LogP contribution in [0.5, 0.6) is 5.75 Å². The molecule has 0 saturated heterocycles. The Bertz CT molecular complexity index is 737. The van der Waals surface area contributed by atoms with Gasteiger partial charge in [-0.1, -0.05) is 43.3 Å². The quantitative estimate of drug-likeness (QED) is 0.709. The first-order valence-electron chi connectivity index (χ1n) is 8.95. The summed E-state index contributed by atoms with van der Waals surface area (Å²) in [5.41, 5.74) is 7.10. The third-order valence-electron chi connectivity index (χ3n) is 4.55. The Kier molecular flexibility index (Phi) is 6.22. The normalized spacial score (nSPS) is 15.8. The Hall–Kier alpha value is -1.71. The topological polar surface area (TPSA) is 12.5 Å². The second-order valence-electron chi connectivity index (χ2n) is 6.64. The molecule has 2 nitrogen and oxygen atoms in total. The van der Waals surface area contributed by atoms with Gasteiger partial charge >= 0.3 is 0 Å². The van der Waals surface area contributed by atoms with Gasteiger partial charge in [0, 0.05) is 18.1 Å². The van der Waals surface area contributed by atoms with Crippen LogP contribution in [0.25, 0.3) is 11.1 Å². The van der Waals surface area contributed by atoms with Crippen LogP contribution in [0.2, 0.25) is 0 Å². The molecule has 1 heterocycles. The molecule has 132 valence electrons. The molecule has 0 radical (unpaired) electrons. The van der Waals surface area contributed by atoms with E-state index in [4.69, 9.17) is 4.74 Å². The average Bonchev–Trinajstić information content (AvgIpc) is 2.63. The van der Waals surface area contributed by atoms with E-state index in [1.54, 1.807) is 0 Å². The molecule has 0 atom stereocenters. The summed E-state index contributed by atoms with van der Waals surface area (Å²) in [7, 11) is 4.14. The molecule has 0 amide bonds. The maximum Gasteiger partial charge on any atom is 0.119 e. The number of ether oxygens (including phenoxy) is 1. The summed E-state index contributed by atoms with van der Waals surface area (Å²) in [5, 5.41) is 0. The Morgan fingerprint density at radius 3 is 2.60 bits per heavy atom. The third kappa shape index (κ3) is 4.47. The standard InChI is InChI=1S/C22H27NOS/c1-4-20(17-8-6-5-7-9-17)22-16-25-15-18-14-19(10-11-21(18)22)24-13-12-23(2)3/h5-11,14H,4,12-13,15-16H2,1-3H3/b22-20-. The predicted molar refractivity (Wildman–Crippen MR) is 110 cm³/mol. The highest BCUT2D eigenvalue weighted by molar-refractivity contribution is 7.99. The molecular formula is C22H27NOS. The van der Waals surface area contributed by atoms with Crippen molar-refractivity contribution < 1.29 is 4.74 Å². The number of fused-ring (bicyclic) bond motifs is 1. The van der Waals surface area contributed by atoms with E-state index in [9.17, 15) is 0 Å². The molecule has 25 heavy (non-hydrogen) atoms. The minimum Gasteiger partial charge on any atom is -0.492 e. The first-order chi connectivity index (χ1) is 12.2. The maximum atomic E-state index is 5.92. The smallest absolute Gasteiger partial charge is 0.119 e. The van der Waals surface area contributed by atoms with E-state index in [0.29, 0.717) is 0 Å². The Balaban J connectivity index is 1.90. The van der Waals surface area contributed by atoms with Gasteiger partial charge in [0.1, 0.15) is 12.4 Å². The van der Waals surface area contributed by atoms with Crippen LogP contribution >= 0.6 is 11.8 Å².